The zero-order chi connectivity index (χ0) is 43.5. The third kappa shape index (κ3) is 7.66. The molecule has 0 aromatic rings. The predicted molar refractivity (Wildman–Crippen MR) is 104 cm³/mol. The van der Waals surface area contributed by atoms with Gasteiger partial charge in [-0.2, -0.15) is 132 Å². The van der Waals surface area contributed by atoms with E-state index in [-0.39, 0.29) is 7.11 Å². The fourth-order valence-corrected chi connectivity index (χ4v) is 3.00. The van der Waals surface area contributed by atoms with Gasteiger partial charge in [-0.15, -0.1) is 0 Å². The average Bonchev–Trinajstić information content (AvgIpc) is 2.93. The molecule has 0 aromatic heterocycles. The van der Waals surface area contributed by atoms with Crippen LogP contribution in [0.2, 0.25) is 0 Å². The Bertz CT molecular complexity index is 1140. The van der Waals surface area contributed by atoms with Crippen molar-refractivity contribution in [2.24, 2.45) is 0 Å². The molecule has 0 aliphatic carbocycles. The normalized spacial score (nSPS) is 16.5. The summed E-state index contributed by atoms with van der Waals surface area (Å²) >= 11 is 0. The van der Waals surface area contributed by atoms with Gasteiger partial charge in [-0.25, -0.2) is 0 Å². The minimum atomic E-state index is -8.71. The van der Waals surface area contributed by atoms with Crippen LogP contribution in [0.4, 0.5) is 132 Å². The summed E-state index contributed by atoms with van der Waals surface area (Å²) in [6.45, 7) is -11.4. The molecule has 0 rings (SSSR count). The summed E-state index contributed by atoms with van der Waals surface area (Å²) in [6, 6.07) is 0. The molecule has 320 valence electrons. The van der Waals surface area contributed by atoms with Crippen molar-refractivity contribution in [1.29, 1.82) is 0 Å². The molecule has 0 unspecified atom stereocenters. The highest BCUT2D eigenvalue weighted by Crippen LogP contribution is 2.64. The molecule has 0 saturated carbocycles. The molecule has 0 bridgehead atoms. The lowest BCUT2D eigenvalue weighted by Gasteiger charge is -2.41. The molecule has 0 spiro atoms. The Morgan fingerprint density at radius 2 is 0.491 bits per heavy atom. The van der Waals surface area contributed by atoms with E-state index in [4.69, 9.17) is 0 Å². The van der Waals surface area contributed by atoms with Crippen LogP contribution < -0.4 is 0 Å². The van der Waals surface area contributed by atoms with E-state index in [0.29, 0.717) is 0 Å². The maximum Gasteiger partial charge on any atom is 0.460 e. The molecule has 33 heteroatoms. The summed E-state index contributed by atoms with van der Waals surface area (Å²) in [5, 5.41) is 0. The molecule has 3 nitrogen and oxygen atoms in total. The molecule has 0 aliphatic heterocycles. The van der Waals surface area contributed by atoms with Crippen molar-refractivity contribution >= 4 is 0 Å². The lowest BCUT2D eigenvalue weighted by atomic mass is 9.91. The van der Waals surface area contributed by atoms with Gasteiger partial charge in [-0.05, 0) is 0 Å². The van der Waals surface area contributed by atoms with E-state index in [1.807, 2.05) is 0 Å². The SMILES string of the molecule is COC(COCC(F)(F)C(F)(F)C(F)(F)C(F)(F)C(F)(F)C(F)(F)C(F)(F)F)COCC(F)(F)C(F)(F)C(F)(F)C(F)(F)C(F)(F)C(F)(F)C(F)(F)F. The highest BCUT2D eigenvalue weighted by atomic mass is 19.4. The molecule has 53 heavy (non-hydrogen) atoms. The Kier molecular flexibility index (Phi) is 13.5. The highest BCUT2D eigenvalue weighted by molar-refractivity contribution is 5.14. The van der Waals surface area contributed by atoms with Crippen molar-refractivity contribution in [1.82, 2.24) is 0 Å². The Hall–Kier alpha value is -2.22. The Labute approximate surface area is 270 Å². The zero-order valence-electron chi connectivity index (χ0n) is 24.0. The van der Waals surface area contributed by atoms with Crippen LogP contribution in [0.15, 0.2) is 0 Å². The number of methoxy groups -OCH3 is 1. The van der Waals surface area contributed by atoms with E-state index >= 15 is 0 Å². The molecule has 0 aromatic carbocycles. The van der Waals surface area contributed by atoms with E-state index < -0.39 is 116 Å². The van der Waals surface area contributed by atoms with Gasteiger partial charge in [0.15, 0.2) is 0 Å². The number of halogens is 30. The summed E-state index contributed by atoms with van der Waals surface area (Å²) < 4.78 is 406. The monoisotopic (exact) mass is 870 g/mol. The van der Waals surface area contributed by atoms with Gasteiger partial charge in [0.05, 0.1) is 13.2 Å². The molecule has 0 radical (unpaired) electrons. The van der Waals surface area contributed by atoms with Crippen molar-refractivity contribution in [3.8, 4) is 0 Å². The molecule has 0 amide bonds. The van der Waals surface area contributed by atoms with E-state index in [9.17, 15) is 132 Å². The van der Waals surface area contributed by atoms with E-state index in [1.165, 1.54) is 0 Å². The van der Waals surface area contributed by atoms with Crippen molar-refractivity contribution in [2.75, 3.05) is 33.5 Å². The Morgan fingerprint density at radius 3 is 0.679 bits per heavy atom. The van der Waals surface area contributed by atoms with Crippen LogP contribution in [0, 0.1) is 0 Å². The number of alkyl halides is 30. The van der Waals surface area contributed by atoms with Crippen LogP contribution in [0.1, 0.15) is 0 Å². The van der Waals surface area contributed by atoms with E-state index in [2.05, 4.69) is 14.2 Å². The second-order valence-electron chi connectivity index (χ2n) is 10.0. The summed E-state index contributed by atoms with van der Waals surface area (Å²) in [5.74, 6) is -98.8. The fraction of sp³-hybridized carbons (Fsp3) is 1.00. The van der Waals surface area contributed by atoms with Crippen molar-refractivity contribution in [2.45, 2.75) is 89.5 Å². The maximum atomic E-state index is 13.8. The van der Waals surface area contributed by atoms with E-state index in [0.717, 1.165) is 0 Å². The summed E-state index contributed by atoms with van der Waals surface area (Å²) in [6.07, 6.45) is -18.5. The maximum absolute atomic E-state index is 13.8. The average molecular weight is 870 g/mol. The number of ether oxygens (including phenoxy) is 3. The van der Waals surface area contributed by atoms with Gasteiger partial charge in [0.2, 0.25) is 0 Å². The van der Waals surface area contributed by atoms with Gasteiger partial charge in [-0.1, -0.05) is 0 Å². The molecule has 0 aliphatic rings. The zero-order valence-corrected chi connectivity index (χ0v) is 24.0. The van der Waals surface area contributed by atoms with Crippen molar-refractivity contribution in [3.63, 3.8) is 0 Å². The Balaban J connectivity index is 6.01. The smallest absolute Gasteiger partial charge is 0.377 e. The van der Waals surface area contributed by atoms with Crippen LogP contribution in [0.25, 0.3) is 0 Å². The van der Waals surface area contributed by atoms with Gasteiger partial charge >= 0.3 is 83.4 Å². The van der Waals surface area contributed by atoms with Crippen molar-refractivity contribution in [3.05, 3.63) is 0 Å². The largest absolute Gasteiger partial charge is 0.460 e. The lowest BCUT2D eigenvalue weighted by Crippen LogP contribution is -2.73. The van der Waals surface area contributed by atoms with Crippen LogP contribution in [-0.4, -0.2) is 123 Å². The quantitative estimate of drug-likeness (QED) is 0.121. The summed E-state index contributed by atoms with van der Waals surface area (Å²) in [7, 11) is 0.187. The molecule has 0 atom stereocenters. The molecule has 0 fully saturated rings. The van der Waals surface area contributed by atoms with Gasteiger partial charge in [0, 0.05) is 7.11 Å². The van der Waals surface area contributed by atoms with Gasteiger partial charge in [-0.3, -0.25) is 0 Å². The fourth-order valence-electron chi connectivity index (χ4n) is 3.00. The van der Waals surface area contributed by atoms with Gasteiger partial charge in [0.25, 0.3) is 0 Å². The van der Waals surface area contributed by atoms with Crippen LogP contribution in [0.3, 0.4) is 0 Å². The van der Waals surface area contributed by atoms with Gasteiger partial charge in [0.1, 0.15) is 19.3 Å². The molecule has 0 heterocycles. The topological polar surface area (TPSA) is 27.7 Å². The van der Waals surface area contributed by atoms with E-state index in [1.54, 1.807) is 0 Å². The number of hydrogen-bond donors (Lipinski definition) is 0. The van der Waals surface area contributed by atoms with Crippen molar-refractivity contribution < 1.29 is 146 Å². The van der Waals surface area contributed by atoms with Crippen LogP contribution in [-0.2, 0) is 14.2 Å². The first kappa shape index (κ1) is 50.8. The molecular weight excluding hydrogens is 858 g/mol. The molecule has 0 N–H and O–H groups in total. The molecular formula is C20H12F30O3. The Morgan fingerprint density at radius 1 is 0.302 bits per heavy atom. The highest BCUT2D eigenvalue weighted by Gasteiger charge is 2.94. The standard InChI is InChI=1S/C20H12F30O3/c1-51-6(2-52-4-7(21,22)9(25,26)11(29,30)13(33,34)15(37,38)17(41,42)19(45,46)47)3-53-5-8(23,24)10(27,28)12(31,32)14(35,36)16(39,40)18(43,44)20(48,49)50/h6H,2-5H2,1H3. The van der Waals surface area contributed by atoms with Crippen LogP contribution in [0.5, 0.6) is 0 Å². The minimum absolute atomic E-state index is 0.187. The lowest BCUT2D eigenvalue weighted by molar-refractivity contribution is -0.453. The molecule has 0 saturated heterocycles. The minimum Gasteiger partial charge on any atom is -0.377 e. The van der Waals surface area contributed by atoms with Gasteiger partial charge < -0.3 is 14.2 Å². The third-order valence-electron chi connectivity index (χ3n) is 6.29. The summed E-state index contributed by atoms with van der Waals surface area (Å²) in [5.41, 5.74) is 0. The van der Waals surface area contributed by atoms with Crippen LogP contribution >= 0.6 is 0 Å². The first-order valence-corrected chi connectivity index (χ1v) is 12.0. The second kappa shape index (κ2) is 14.1. The third-order valence-corrected chi connectivity index (χ3v) is 6.29. The first-order valence-electron chi connectivity index (χ1n) is 12.0. The number of hydrogen-bond acceptors (Lipinski definition) is 3. The first-order chi connectivity index (χ1) is 22.6. The second-order valence-corrected chi connectivity index (χ2v) is 10.0. The number of rotatable bonds is 19. The summed E-state index contributed by atoms with van der Waals surface area (Å²) in [4.78, 5) is 0. The predicted octanol–water partition coefficient (Wildman–Crippen LogP) is 9.78.